The number of carbonyl (C=O) groups excluding carboxylic acids is 2. The third-order valence-corrected chi connectivity index (χ3v) is 5.32. The molecule has 1 heterocycles. The van der Waals surface area contributed by atoms with Gasteiger partial charge in [0, 0.05) is 24.8 Å². The Balaban J connectivity index is 2.21. The summed E-state index contributed by atoms with van der Waals surface area (Å²) in [7, 11) is 3.09. The average Bonchev–Trinajstić information content (AvgIpc) is 3.01. The van der Waals surface area contributed by atoms with Gasteiger partial charge in [0.25, 0.3) is 11.7 Å². The Morgan fingerprint density at radius 2 is 1.81 bits per heavy atom. The fourth-order valence-electron chi connectivity index (χ4n) is 3.87. The minimum atomic E-state index is -0.803. The molecule has 170 valence electrons. The molecule has 7 heteroatoms. The molecular weight excluding hydrogens is 410 g/mol. The maximum atomic E-state index is 13.1. The number of rotatable bonds is 8. The topological polar surface area (TPSA) is 85.3 Å². The smallest absolute Gasteiger partial charge is 0.295 e. The zero-order chi connectivity index (χ0) is 23.4. The molecule has 1 N–H and O–H groups in total. The zero-order valence-electron chi connectivity index (χ0n) is 19.0. The van der Waals surface area contributed by atoms with Gasteiger partial charge in [0.05, 0.1) is 31.4 Å². The molecule has 2 aromatic rings. The molecule has 0 aliphatic carbocycles. The Bertz CT molecular complexity index is 1040. The lowest BCUT2D eigenvalue weighted by Crippen LogP contribution is -2.33. The molecule has 0 bridgehead atoms. The van der Waals surface area contributed by atoms with Crippen LogP contribution in [-0.4, -0.2) is 55.2 Å². The van der Waals surface area contributed by atoms with Crippen LogP contribution in [-0.2, 0) is 14.3 Å². The lowest BCUT2D eigenvalue weighted by atomic mass is 9.94. The SMILES string of the molecule is COCCN1C(=O)C(=O)/C(=C(\O)c2ccc(OC)c(C)c2)C1c1ccccc1OC(C)C. The van der Waals surface area contributed by atoms with Crippen LogP contribution < -0.4 is 9.47 Å². The number of aryl methyl sites for hydroxylation is 1. The van der Waals surface area contributed by atoms with Gasteiger partial charge in [-0.05, 0) is 50.6 Å². The normalized spacial score (nSPS) is 17.8. The quantitative estimate of drug-likeness (QED) is 0.382. The molecule has 1 atom stereocenters. The van der Waals surface area contributed by atoms with Gasteiger partial charge < -0.3 is 24.2 Å². The van der Waals surface area contributed by atoms with E-state index in [-0.39, 0.29) is 30.6 Å². The van der Waals surface area contributed by atoms with E-state index >= 15 is 0 Å². The molecule has 7 nitrogen and oxygen atoms in total. The number of methoxy groups -OCH3 is 2. The van der Waals surface area contributed by atoms with E-state index in [4.69, 9.17) is 14.2 Å². The van der Waals surface area contributed by atoms with Crippen LogP contribution in [0.3, 0.4) is 0 Å². The fourth-order valence-corrected chi connectivity index (χ4v) is 3.87. The largest absolute Gasteiger partial charge is 0.507 e. The van der Waals surface area contributed by atoms with E-state index in [1.807, 2.05) is 32.9 Å². The van der Waals surface area contributed by atoms with Gasteiger partial charge in [0.2, 0.25) is 0 Å². The first-order valence-corrected chi connectivity index (χ1v) is 10.5. The van der Waals surface area contributed by atoms with Crippen LogP contribution in [0.5, 0.6) is 11.5 Å². The van der Waals surface area contributed by atoms with Crippen molar-refractivity contribution in [3.05, 3.63) is 64.7 Å². The first kappa shape index (κ1) is 23.3. The van der Waals surface area contributed by atoms with E-state index in [0.717, 1.165) is 5.56 Å². The van der Waals surface area contributed by atoms with Gasteiger partial charge in [-0.1, -0.05) is 18.2 Å². The van der Waals surface area contributed by atoms with E-state index in [1.54, 1.807) is 37.4 Å². The summed E-state index contributed by atoms with van der Waals surface area (Å²) in [5.41, 5.74) is 1.88. The van der Waals surface area contributed by atoms with E-state index in [0.29, 0.717) is 22.6 Å². The third-order valence-electron chi connectivity index (χ3n) is 5.32. The summed E-state index contributed by atoms with van der Waals surface area (Å²) in [6.45, 7) is 6.09. The van der Waals surface area contributed by atoms with Gasteiger partial charge in [0.1, 0.15) is 17.3 Å². The summed E-state index contributed by atoms with van der Waals surface area (Å²) in [6, 6.07) is 11.6. The maximum Gasteiger partial charge on any atom is 0.295 e. The number of ether oxygens (including phenoxy) is 3. The summed E-state index contributed by atoms with van der Waals surface area (Å²) >= 11 is 0. The van der Waals surface area contributed by atoms with Gasteiger partial charge in [-0.25, -0.2) is 0 Å². The monoisotopic (exact) mass is 439 g/mol. The van der Waals surface area contributed by atoms with E-state index in [9.17, 15) is 14.7 Å². The van der Waals surface area contributed by atoms with Crippen molar-refractivity contribution in [2.45, 2.75) is 32.9 Å². The summed E-state index contributed by atoms with van der Waals surface area (Å²) < 4.78 is 16.4. The van der Waals surface area contributed by atoms with Gasteiger partial charge in [0.15, 0.2) is 0 Å². The van der Waals surface area contributed by atoms with Crippen LogP contribution in [0.25, 0.3) is 5.76 Å². The molecule has 0 aromatic heterocycles. The lowest BCUT2D eigenvalue weighted by Gasteiger charge is -2.27. The molecular formula is C25H29NO6. The van der Waals surface area contributed by atoms with Crippen molar-refractivity contribution >= 4 is 17.4 Å². The summed E-state index contributed by atoms with van der Waals surface area (Å²) in [6.07, 6.45) is -0.110. The molecule has 32 heavy (non-hydrogen) atoms. The molecule has 1 fully saturated rings. The number of aliphatic hydroxyl groups is 1. The van der Waals surface area contributed by atoms with E-state index in [2.05, 4.69) is 0 Å². The van der Waals surface area contributed by atoms with Crippen LogP contribution in [0.15, 0.2) is 48.0 Å². The molecule has 1 amide bonds. The van der Waals surface area contributed by atoms with Crippen LogP contribution in [0.1, 0.15) is 36.6 Å². The highest BCUT2D eigenvalue weighted by molar-refractivity contribution is 6.46. The molecule has 0 radical (unpaired) electrons. The number of hydrogen-bond acceptors (Lipinski definition) is 6. The second-order valence-corrected chi connectivity index (χ2v) is 7.87. The first-order chi connectivity index (χ1) is 15.3. The Morgan fingerprint density at radius 3 is 2.44 bits per heavy atom. The molecule has 1 saturated heterocycles. The second-order valence-electron chi connectivity index (χ2n) is 7.87. The number of amides is 1. The number of benzene rings is 2. The highest BCUT2D eigenvalue weighted by atomic mass is 16.5. The van der Waals surface area contributed by atoms with Crippen molar-refractivity contribution in [1.82, 2.24) is 4.90 Å². The number of aliphatic hydroxyl groups excluding tert-OH is 1. The van der Waals surface area contributed by atoms with Crippen LogP contribution in [0, 0.1) is 6.92 Å². The fraction of sp³-hybridized carbons (Fsp3) is 0.360. The zero-order valence-corrected chi connectivity index (χ0v) is 19.0. The number of Topliss-reactive ketones (excluding diaryl/α,β-unsaturated/α-hetero) is 1. The minimum Gasteiger partial charge on any atom is -0.507 e. The number of hydrogen-bond donors (Lipinski definition) is 1. The van der Waals surface area contributed by atoms with E-state index in [1.165, 1.54) is 12.0 Å². The highest BCUT2D eigenvalue weighted by Crippen LogP contribution is 2.43. The number of nitrogens with zero attached hydrogens (tertiary/aromatic N) is 1. The van der Waals surface area contributed by atoms with E-state index < -0.39 is 17.7 Å². The molecule has 1 unspecified atom stereocenters. The molecule has 3 rings (SSSR count). The first-order valence-electron chi connectivity index (χ1n) is 10.5. The maximum absolute atomic E-state index is 13.1. The van der Waals surface area contributed by atoms with Gasteiger partial charge in [-0.3, -0.25) is 9.59 Å². The number of para-hydroxylation sites is 1. The summed E-state index contributed by atoms with van der Waals surface area (Å²) in [5, 5.41) is 11.2. The van der Waals surface area contributed by atoms with Crippen molar-refractivity contribution in [3.8, 4) is 11.5 Å². The molecule has 0 spiro atoms. The summed E-state index contributed by atoms with van der Waals surface area (Å²) in [4.78, 5) is 27.5. The lowest BCUT2D eigenvalue weighted by molar-refractivity contribution is -0.140. The second kappa shape index (κ2) is 9.87. The van der Waals surface area contributed by atoms with Crippen molar-refractivity contribution in [2.75, 3.05) is 27.4 Å². The third kappa shape index (κ3) is 4.48. The van der Waals surface area contributed by atoms with Crippen molar-refractivity contribution in [3.63, 3.8) is 0 Å². The van der Waals surface area contributed by atoms with Gasteiger partial charge >= 0.3 is 0 Å². The van der Waals surface area contributed by atoms with Gasteiger partial charge in [-0.15, -0.1) is 0 Å². The van der Waals surface area contributed by atoms with Crippen molar-refractivity contribution in [2.24, 2.45) is 0 Å². The Kier molecular flexibility index (Phi) is 7.20. The number of likely N-dealkylation sites (tertiary alicyclic amines) is 1. The number of carbonyl (C=O) groups is 2. The molecule has 0 saturated carbocycles. The van der Waals surface area contributed by atoms with Crippen LogP contribution >= 0.6 is 0 Å². The van der Waals surface area contributed by atoms with Crippen LogP contribution in [0.4, 0.5) is 0 Å². The van der Waals surface area contributed by atoms with Crippen molar-refractivity contribution < 1.29 is 28.9 Å². The molecule has 2 aromatic carbocycles. The minimum absolute atomic E-state index is 0.0236. The van der Waals surface area contributed by atoms with Crippen molar-refractivity contribution in [1.29, 1.82) is 0 Å². The molecule has 1 aliphatic rings. The summed E-state index contributed by atoms with van der Waals surface area (Å²) in [5.74, 6) is -0.448. The van der Waals surface area contributed by atoms with Crippen LogP contribution in [0.2, 0.25) is 0 Å². The predicted octanol–water partition coefficient (Wildman–Crippen LogP) is 3.86. The Morgan fingerprint density at radius 1 is 1.09 bits per heavy atom. The standard InChI is InChI=1S/C25H29NO6/c1-15(2)32-20-9-7-6-8-18(20)22-21(24(28)25(29)26(22)12-13-30-4)23(27)17-10-11-19(31-5)16(3)14-17/h6-11,14-15,22,27H,12-13H2,1-5H3/b23-21-. The van der Waals surface area contributed by atoms with Gasteiger partial charge in [-0.2, -0.15) is 0 Å². The Hall–Kier alpha value is -3.32. The number of ketones is 1. The molecule has 1 aliphatic heterocycles. The Labute approximate surface area is 188 Å². The average molecular weight is 440 g/mol. The highest BCUT2D eigenvalue weighted by Gasteiger charge is 2.46. The predicted molar refractivity (Wildman–Crippen MR) is 121 cm³/mol.